The van der Waals surface area contributed by atoms with Gasteiger partial charge in [-0.05, 0) is 105 Å². The second-order valence-electron chi connectivity index (χ2n) is 15.1. The largest absolute Gasteiger partial charge is 0.496 e. The molecule has 0 radical (unpaired) electrons. The topological polar surface area (TPSA) is 61.3 Å². The summed E-state index contributed by atoms with van der Waals surface area (Å²) >= 11 is 0. The van der Waals surface area contributed by atoms with Gasteiger partial charge in [-0.25, -0.2) is 0 Å². The van der Waals surface area contributed by atoms with Gasteiger partial charge in [0.15, 0.2) is 0 Å². The van der Waals surface area contributed by atoms with E-state index in [-0.39, 0.29) is 11.6 Å². The number of fused-ring (bicyclic) bond motifs is 1. The van der Waals surface area contributed by atoms with Crippen molar-refractivity contribution in [3.05, 3.63) is 69.1 Å². The first-order chi connectivity index (χ1) is 23.6. The number of nitrogens with zero attached hydrogens (tertiary/aromatic N) is 5. The zero-order valence-electron chi connectivity index (χ0n) is 31.0. The number of para-hydroxylation sites is 1. The molecular weight excluding hydrogens is 610 g/mol. The van der Waals surface area contributed by atoms with Gasteiger partial charge < -0.3 is 24.0 Å². The molecule has 2 saturated heterocycles. The number of hydrogen-bond acceptors (Lipinski definition) is 6. The SMILES string of the molecule is CCCC(C)N(C=O)c1cccc(N2CCC3(CCN(Cc4c(CC)cc(-c5cn(C)c(=O)c6c5CCC6)cc4OC)C3)CC2)c1N(C)C. The van der Waals surface area contributed by atoms with Crippen molar-refractivity contribution in [2.45, 2.75) is 91.1 Å². The molecule has 8 heteroatoms. The highest BCUT2D eigenvalue weighted by molar-refractivity contribution is 5.91. The molecule has 49 heavy (non-hydrogen) atoms. The quantitative estimate of drug-likeness (QED) is 0.198. The minimum absolute atomic E-state index is 0.151. The lowest BCUT2D eigenvalue weighted by molar-refractivity contribution is -0.107. The monoisotopic (exact) mass is 667 g/mol. The van der Waals surface area contributed by atoms with Crippen molar-refractivity contribution in [2.24, 2.45) is 12.5 Å². The standard InChI is InChI=1S/C41H57N5O3/c1-8-12-29(3)46(28-47)37-16-11-15-36(39(37)42(4)5)45-21-18-41(19-22-45)17-20-44(27-41)26-35-30(9-2)23-31(24-38(35)49-7)34-25-43(6)40(48)33-14-10-13-32(33)34/h11,15-16,23-25,28-29H,8-10,12-14,17-22,26-27H2,1-7H3. The highest BCUT2D eigenvalue weighted by Crippen LogP contribution is 2.46. The third kappa shape index (κ3) is 6.73. The number of piperidine rings is 1. The lowest BCUT2D eigenvalue weighted by Crippen LogP contribution is -2.42. The number of hydrogen-bond donors (Lipinski definition) is 0. The van der Waals surface area contributed by atoms with Gasteiger partial charge in [0.05, 0.1) is 24.2 Å². The average Bonchev–Trinajstić information content (AvgIpc) is 3.75. The molecule has 1 aliphatic carbocycles. The van der Waals surface area contributed by atoms with Crippen molar-refractivity contribution in [2.75, 3.05) is 62.1 Å². The molecule has 1 atom stereocenters. The van der Waals surface area contributed by atoms with Crippen molar-refractivity contribution >= 4 is 23.5 Å². The number of aryl methyl sites for hydroxylation is 2. The fourth-order valence-corrected chi connectivity index (χ4v) is 9.02. The summed E-state index contributed by atoms with van der Waals surface area (Å²) in [5.74, 6) is 0.958. The molecule has 0 saturated carbocycles. The van der Waals surface area contributed by atoms with E-state index in [0.717, 1.165) is 106 Å². The Labute approximate surface area is 293 Å². The normalized spacial score (nSPS) is 17.7. The maximum Gasteiger partial charge on any atom is 0.253 e. The molecular formula is C41H57N5O3. The van der Waals surface area contributed by atoms with Crippen LogP contribution in [0.5, 0.6) is 5.75 Å². The van der Waals surface area contributed by atoms with E-state index in [2.05, 4.69) is 79.9 Å². The number of carbonyl (C=O) groups excluding carboxylic acids is 1. The molecule has 6 rings (SSSR count). The number of ether oxygens (including phenoxy) is 1. The van der Waals surface area contributed by atoms with Gasteiger partial charge in [0, 0.05) is 76.3 Å². The number of amides is 1. The lowest BCUT2D eigenvalue weighted by atomic mass is 9.77. The molecule has 3 heterocycles. The van der Waals surface area contributed by atoms with E-state index < -0.39 is 0 Å². The number of aromatic nitrogens is 1. The Bertz CT molecular complexity index is 1700. The van der Waals surface area contributed by atoms with Gasteiger partial charge in [0.1, 0.15) is 5.75 Å². The maximum absolute atomic E-state index is 12.8. The smallest absolute Gasteiger partial charge is 0.253 e. The van der Waals surface area contributed by atoms with Gasteiger partial charge >= 0.3 is 0 Å². The zero-order chi connectivity index (χ0) is 34.9. The highest BCUT2D eigenvalue weighted by Gasteiger charge is 2.41. The molecule has 1 spiro atoms. The average molecular weight is 668 g/mol. The van der Waals surface area contributed by atoms with Crippen LogP contribution in [0.1, 0.15) is 81.5 Å². The van der Waals surface area contributed by atoms with Crippen LogP contribution in [0.4, 0.5) is 17.1 Å². The van der Waals surface area contributed by atoms with Crippen molar-refractivity contribution in [1.82, 2.24) is 9.47 Å². The number of carbonyl (C=O) groups is 1. The van der Waals surface area contributed by atoms with Gasteiger partial charge in [0.25, 0.3) is 5.56 Å². The first kappa shape index (κ1) is 35.1. The number of benzene rings is 2. The van der Waals surface area contributed by atoms with Gasteiger partial charge in [-0.1, -0.05) is 32.4 Å². The molecule has 2 aliphatic heterocycles. The van der Waals surface area contributed by atoms with Crippen LogP contribution >= 0.6 is 0 Å². The van der Waals surface area contributed by atoms with Gasteiger partial charge in [-0.3, -0.25) is 14.5 Å². The molecule has 0 bridgehead atoms. The minimum atomic E-state index is 0.151. The van der Waals surface area contributed by atoms with Gasteiger partial charge in [0.2, 0.25) is 6.41 Å². The van der Waals surface area contributed by atoms with Crippen LogP contribution in [0.2, 0.25) is 0 Å². The number of rotatable bonds is 12. The molecule has 1 unspecified atom stereocenters. The van der Waals surface area contributed by atoms with Crippen molar-refractivity contribution in [1.29, 1.82) is 0 Å². The Balaban J connectivity index is 1.18. The molecule has 8 nitrogen and oxygen atoms in total. The molecule has 1 aromatic heterocycles. The zero-order valence-corrected chi connectivity index (χ0v) is 31.0. The Morgan fingerprint density at radius 2 is 1.78 bits per heavy atom. The summed E-state index contributed by atoms with van der Waals surface area (Å²) in [5.41, 5.74) is 11.0. The van der Waals surface area contributed by atoms with Crippen LogP contribution in [0.3, 0.4) is 0 Å². The first-order valence-electron chi connectivity index (χ1n) is 18.6. The Hall–Kier alpha value is -3.78. The number of likely N-dealkylation sites (tertiary alicyclic amines) is 1. The van der Waals surface area contributed by atoms with Crippen LogP contribution < -0.4 is 25.0 Å². The third-order valence-corrected chi connectivity index (χ3v) is 11.7. The van der Waals surface area contributed by atoms with Crippen LogP contribution in [0.15, 0.2) is 41.3 Å². The summed E-state index contributed by atoms with van der Waals surface area (Å²) < 4.78 is 7.85. The Morgan fingerprint density at radius 3 is 2.45 bits per heavy atom. The number of methoxy groups -OCH3 is 1. The van der Waals surface area contributed by atoms with E-state index in [0.29, 0.717) is 5.41 Å². The van der Waals surface area contributed by atoms with E-state index in [1.54, 1.807) is 11.7 Å². The van der Waals surface area contributed by atoms with E-state index >= 15 is 0 Å². The van der Waals surface area contributed by atoms with Gasteiger partial charge in [-0.15, -0.1) is 0 Å². The summed E-state index contributed by atoms with van der Waals surface area (Å²) in [6.07, 6.45) is 12.4. The Morgan fingerprint density at radius 1 is 1.04 bits per heavy atom. The van der Waals surface area contributed by atoms with Crippen molar-refractivity contribution in [3.8, 4) is 16.9 Å². The number of anilines is 3. The summed E-state index contributed by atoms with van der Waals surface area (Å²) in [6.45, 7) is 11.7. The summed E-state index contributed by atoms with van der Waals surface area (Å²) in [7, 11) is 7.86. The molecule has 0 N–H and O–H groups in total. The van der Waals surface area contributed by atoms with Gasteiger partial charge in [-0.2, -0.15) is 0 Å². The maximum atomic E-state index is 12.8. The molecule has 3 aromatic rings. The fraction of sp³-hybridized carbons (Fsp3) is 0.561. The predicted molar refractivity (Wildman–Crippen MR) is 203 cm³/mol. The summed E-state index contributed by atoms with van der Waals surface area (Å²) in [5, 5.41) is 0. The fourth-order valence-electron chi connectivity index (χ4n) is 9.02. The van der Waals surface area contributed by atoms with E-state index in [4.69, 9.17) is 4.74 Å². The number of pyridine rings is 1. The Kier molecular flexibility index (Phi) is 10.4. The molecule has 264 valence electrons. The first-order valence-corrected chi connectivity index (χ1v) is 18.6. The summed E-state index contributed by atoms with van der Waals surface area (Å²) in [4.78, 5) is 34.4. The van der Waals surface area contributed by atoms with E-state index in [9.17, 15) is 9.59 Å². The van der Waals surface area contributed by atoms with Crippen LogP contribution in [0.25, 0.3) is 11.1 Å². The van der Waals surface area contributed by atoms with E-state index in [1.165, 1.54) is 47.2 Å². The molecule has 1 amide bonds. The second-order valence-corrected chi connectivity index (χ2v) is 15.1. The van der Waals surface area contributed by atoms with Crippen LogP contribution in [-0.2, 0) is 37.6 Å². The molecule has 2 fully saturated rings. The molecule has 3 aliphatic rings. The lowest BCUT2D eigenvalue weighted by Gasteiger charge is -2.42. The van der Waals surface area contributed by atoms with Crippen molar-refractivity contribution in [3.63, 3.8) is 0 Å². The highest BCUT2D eigenvalue weighted by atomic mass is 16.5. The van der Waals surface area contributed by atoms with Crippen LogP contribution in [0, 0.1) is 5.41 Å². The minimum Gasteiger partial charge on any atom is -0.496 e. The third-order valence-electron chi connectivity index (χ3n) is 11.7. The summed E-state index contributed by atoms with van der Waals surface area (Å²) in [6, 6.07) is 11.2. The van der Waals surface area contributed by atoms with Crippen LogP contribution in [-0.4, -0.2) is 69.3 Å². The second kappa shape index (κ2) is 14.6. The van der Waals surface area contributed by atoms with Crippen molar-refractivity contribution < 1.29 is 9.53 Å². The predicted octanol–water partition coefficient (Wildman–Crippen LogP) is 6.82. The molecule has 2 aromatic carbocycles. The van der Waals surface area contributed by atoms with E-state index in [1.807, 2.05) is 18.1 Å².